The van der Waals surface area contributed by atoms with Crippen molar-refractivity contribution in [2.24, 2.45) is 0 Å². The lowest BCUT2D eigenvalue weighted by atomic mass is 10.1. The molecule has 2 rings (SSSR count). The first-order chi connectivity index (χ1) is 6.79. The van der Waals surface area contributed by atoms with Crippen LogP contribution in [0.2, 0.25) is 0 Å². The fourth-order valence-corrected chi connectivity index (χ4v) is 1.78. The number of nitrogen functional groups attached to an aromatic ring is 1. The maximum atomic E-state index is 11.8. The van der Waals surface area contributed by atoms with Gasteiger partial charge in [-0.05, 0) is 17.5 Å². The summed E-state index contributed by atoms with van der Waals surface area (Å²) in [5.74, 6) is -0.0724. The standard InChI is InChI=1S/C10H8N2OS/c11-9-1-3-12-5-8(9)10(13)7-2-4-14-6-7/h1-6H,(H2,11,12). The topological polar surface area (TPSA) is 56.0 Å². The summed E-state index contributed by atoms with van der Waals surface area (Å²) in [5, 5.41) is 3.66. The molecule has 4 heteroatoms. The van der Waals surface area contributed by atoms with Crippen molar-refractivity contribution in [2.75, 3.05) is 5.73 Å². The first-order valence-corrected chi connectivity index (χ1v) is 4.99. The molecule has 0 radical (unpaired) electrons. The highest BCUT2D eigenvalue weighted by molar-refractivity contribution is 7.08. The molecule has 0 unspecified atom stereocenters. The highest BCUT2D eigenvalue weighted by Gasteiger charge is 2.11. The number of hydrogen-bond acceptors (Lipinski definition) is 4. The fraction of sp³-hybridized carbons (Fsp3) is 0. The van der Waals surface area contributed by atoms with Gasteiger partial charge in [-0.25, -0.2) is 0 Å². The van der Waals surface area contributed by atoms with Crippen molar-refractivity contribution in [1.29, 1.82) is 0 Å². The maximum absolute atomic E-state index is 11.8. The molecule has 0 aliphatic rings. The van der Waals surface area contributed by atoms with Crippen molar-refractivity contribution in [3.63, 3.8) is 0 Å². The normalized spacial score (nSPS) is 10.0. The number of ketones is 1. The van der Waals surface area contributed by atoms with Crippen LogP contribution in [0.15, 0.2) is 35.3 Å². The number of pyridine rings is 1. The number of aromatic nitrogens is 1. The van der Waals surface area contributed by atoms with E-state index in [1.54, 1.807) is 23.7 Å². The molecule has 0 bridgehead atoms. The fourth-order valence-electron chi connectivity index (χ4n) is 1.14. The maximum Gasteiger partial charge on any atom is 0.197 e. The van der Waals surface area contributed by atoms with Crippen molar-refractivity contribution in [1.82, 2.24) is 4.98 Å². The molecule has 70 valence electrons. The lowest BCUT2D eigenvalue weighted by molar-refractivity contribution is 0.103. The molecular weight excluding hydrogens is 196 g/mol. The van der Waals surface area contributed by atoms with Crippen LogP contribution in [-0.4, -0.2) is 10.8 Å². The van der Waals surface area contributed by atoms with Gasteiger partial charge in [0.05, 0.1) is 5.56 Å². The molecule has 2 aromatic rings. The highest BCUT2D eigenvalue weighted by Crippen LogP contribution is 2.16. The third-order valence-electron chi connectivity index (χ3n) is 1.88. The van der Waals surface area contributed by atoms with Gasteiger partial charge in [0, 0.05) is 29.0 Å². The Morgan fingerprint density at radius 3 is 2.93 bits per heavy atom. The number of carbonyl (C=O) groups is 1. The van der Waals surface area contributed by atoms with Gasteiger partial charge >= 0.3 is 0 Å². The zero-order valence-corrected chi connectivity index (χ0v) is 8.12. The number of rotatable bonds is 2. The lowest BCUT2D eigenvalue weighted by Gasteiger charge is -2.00. The van der Waals surface area contributed by atoms with Crippen LogP contribution in [0.1, 0.15) is 15.9 Å². The van der Waals surface area contributed by atoms with Crippen molar-refractivity contribution >= 4 is 22.8 Å². The quantitative estimate of drug-likeness (QED) is 0.761. The molecule has 0 spiro atoms. The number of carbonyl (C=O) groups excluding carboxylic acids is 1. The van der Waals surface area contributed by atoms with Crippen LogP contribution in [-0.2, 0) is 0 Å². The summed E-state index contributed by atoms with van der Waals surface area (Å²) < 4.78 is 0. The monoisotopic (exact) mass is 204 g/mol. The van der Waals surface area contributed by atoms with Crippen molar-refractivity contribution in [2.45, 2.75) is 0 Å². The molecule has 2 aromatic heterocycles. The van der Waals surface area contributed by atoms with Crippen molar-refractivity contribution in [3.05, 3.63) is 46.4 Å². The number of anilines is 1. The Morgan fingerprint density at radius 2 is 2.29 bits per heavy atom. The SMILES string of the molecule is Nc1ccncc1C(=O)c1ccsc1. The van der Waals surface area contributed by atoms with E-state index >= 15 is 0 Å². The molecule has 0 aliphatic carbocycles. The van der Waals surface area contributed by atoms with Gasteiger partial charge in [-0.15, -0.1) is 0 Å². The zero-order valence-electron chi connectivity index (χ0n) is 7.31. The summed E-state index contributed by atoms with van der Waals surface area (Å²) in [6.07, 6.45) is 3.06. The largest absolute Gasteiger partial charge is 0.398 e. The number of nitrogens with two attached hydrogens (primary N) is 1. The zero-order chi connectivity index (χ0) is 9.97. The lowest BCUT2D eigenvalue weighted by Crippen LogP contribution is -2.04. The van der Waals surface area contributed by atoms with E-state index in [2.05, 4.69) is 4.98 Å². The Labute approximate surface area is 85.2 Å². The molecule has 0 saturated heterocycles. The van der Waals surface area contributed by atoms with Gasteiger partial charge in [-0.1, -0.05) is 0 Å². The molecule has 0 saturated carbocycles. The van der Waals surface area contributed by atoms with Gasteiger partial charge in [-0.3, -0.25) is 9.78 Å². The first-order valence-electron chi connectivity index (χ1n) is 4.05. The van der Waals surface area contributed by atoms with E-state index in [0.717, 1.165) is 0 Å². The van der Waals surface area contributed by atoms with Crippen LogP contribution in [0.4, 0.5) is 5.69 Å². The number of thiophene rings is 1. The highest BCUT2D eigenvalue weighted by atomic mass is 32.1. The van der Waals surface area contributed by atoms with E-state index in [0.29, 0.717) is 16.8 Å². The minimum Gasteiger partial charge on any atom is -0.398 e. The predicted octanol–water partition coefficient (Wildman–Crippen LogP) is 1.96. The van der Waals surface area contributed by atoms with Crippen LogP contribution < -0.4 is 5.73 Å². The summed E-state index contributed by atoms with van der Waals surface area (Å²) >= 11 is 1.49. The summed E-state index contributed by atoms with van der Waals surface area (Å²) in [5.41, 5.74) is 7.26. The Bertz CT molecular complexity index is 451. The third kappa shape index (κ3) is 1.52. The number of nitrogens with zero attached hydrogens (tertiary/aromatic N) is 1. The first kappa shape index (κ1) is 8.90. The van der Waals surface area contributed by atoms with Gasteiger partial charge in [0.1, 0.15) is 0 Å². The Balaban J connectivity index is 2.42. The summed E-state index contributed by atoms with van der Waals surface area (Å²) in [4.78, 5) is 15.7. The van der Waals surface area contributed by atoms with E-state index < -0.39 is 0 Å². The molecule has 14 heavy (non-hydrogen) atoms. The second-order valence-electron chi connectivity index (χ2n) is 2.80. The molecule has 2 N–H and O–H groups in total. The van der Waals surface area contributed by atoms with E-state index in [9.17, 15) is 4.79 Å². The van der Waals surface area contributed by atoms with E-state index in [-0.39, 0.29) is 5.78 Å². The van der Waals surface area contributed by atoms with Gasteiger partial charge in [-0.2, -0.15) is 11.3 Å². The van der Waals surface area contributed by atoms with Crippen LogP contribution in [0, 0.1) is 0 Å². The molecule has 0 atom stereocenters. The second-order valence-corrected chi connectivity index (χ2v) is 3.58. The van der Waals surface area contributed by atoms with E-state index in [1.165, 1.54) is 17.5 Å². The predicted molar refractivity (Wildman–Crippen MR) is 56.4 cm³/mol. The van der Waals surface area contributed by atoms with Gasteiger partial charge in [0.2, 0.25) is 0 Å². The molecule has 0 aromatic carbocycles. The van der Waals surface area contributed by atoms with Gasteiger partial charge < -0.3 is 5.73 Å². The Morgan fingerprint density at radius 1 is 1.43 bits per heavy atom. The summed E-state index contributed by atoms with van der Waals surface area (Å²) in [6, 6.07) is 3.40. The third-order valence-corrected chi connectivity index (χ3v) is 2.57. The van der Waals surface area contributed by atoms with Gasteiger partial charge in [0.25, 0.3) is 0 Å². The van der Waals surface area contributed by atoms with Crippen molar-refractivity contribution in [3.8, 4) is 0 Å². The average Bonchev–Trinajstić information content (AvgIpc) is 2.70. The minimum absolute atomic E-state index is 0.0724. The summed E-state index contributed by atoms with van der Waals surface area (Å²) in [7, 11) is 0. The van der Waals surface area contributed by atoms with E-state index in [1.807, 2.05) is 5.38 Å². The van der Waals surface area contributed by atoms with E-state index in [4.69, 9.17) is 5.73 Å². The molecule has 0 amide bonds. The smallest absolute Gasteiger partial charge is 0.197 e. The molecule has 2 heterocycles. The minimum atomic E-state index is -0.0724. The second kappa shape index (κ2) is 3.59. The molecule has 0 fully saturated rings. The average molecular weight is 204 g/mol. The molecule has 0 aliphatic heterocycles. The van der Waals surface area contributed by atoms with Gasteiger partial charge in [0.15, 0.2) is 5.78 Å². The van der Waals surface area contributed by atoms with Crippen LogP contribution in [0.3, 0.4) is 0 Å². The molecular formula is C10H8N2OS. The Kier molecular flexibility index (Phi) is 2.28. The number of hydrogen-bond donors (Lipinski definition) is 1. The van der Waals surface area contributed by atoms with Crippen molar-refractivity contribution < 1.29 is 4.79 Å². The van der Waals surface area contributed by atoms with Crippen LogP contribution >= 0.6 is 11.3 Å². The summed E-state index contributed by atoms with van der Waals surface area (Å²) in [6.45, 7) is 0. The van der Waals surface area contributed by atoms with Crippen LogP contribution in [0.5, 0.6) is 0 Å². The Hall–Kier alpha value is -1.68. The molecule has 3 nitrogen and oxygen atoms in total. The van der Waals surface area contributed by atoms with Crippen LogP contribution in [0.25, 0.3) is 0 Å².